The molecule has 1 N–H and O–H groups in total. The van der Waals surface area contributed by atoms with Crippen LogP contribution in [-0.4, -0.2) is 20.7 Å². The highest BCUT2D eigenvalue weighted by Gasteiger charge is 2.19. The number of benzene rings is 3. The Kier molecular flexibility index (Phi) is 5.27. The van der Waals surface area contributed by atoms with Crippen LogP contribution in [0.15, 0.2) is 77.3 Å². The fourth-order valence-corrected chi connectivity index (χ4v) is 3.22. The second-order valence-electron chi connectivity index (χ2n) is 6.78. The second-order valence-corrected chi connectivity index (χ2v) is 7.70. The van der Waals surface area contributed by atoms with E-state index in [1.807, 2.05) is 86.6 Å². The van der Waals surface area contributed by atoms with Gasteiger partial charge in [0.1, 0.15) is 0 Å². The van der Waals surface area contributed by atoms with E-state index in [0.29, 0.717) is 5.82 Å². The summed E-state index contributed by atoms with van der Waals surface area (Å²) in [6, 6.07) is 23.3. The van der Waals surface area contributed by atoms with Gasteiger partial charge in [0.2, 0.25) is 5.82 Å². The van der Waals surface area contributed by atoms with Crippen LogP contribution >= 0.6 is 15.9 Å². The number of halogens is 1. The zero-order valence-electron chi connectivity index (χ0n) is 16.1. The number of nitrogens with zero attached hydrogens (tertiary/aromatic N) is 3. The molecule has 0 unspecified atom stereocenters. The van der Waals surface area contributed by atoms with E-state index in [4.69, 9.17) is 0 Å². The molecule has 1 heterocycles. The van der Waals surface area contributed by atoms with E-state index in [0.717, 1.165) is 32.5 Å². The summed E-state index contributed by atoms with van der Waals surface area (Å²) in [5.74, 6) is 0.381. The minimum absolute atomic E-state index is 0.117. The summed E-state index contributed by atoms with van der Waals surface area (Å²) in [4.78, 5) is 17.4. The first-order chi connectivity index (χ1) is 14.0. The lowest BCUT2D eigenvalue weighted by molar-refractivity contribution is 0.101. The van der Waals surface area contributed by atoms with E-state index in [9.17, 15) is 4.79 Å². The van der Waals surface area contributed by atoms with Gasteiger partial charge in [0.05, 0.1) is 5.69 Å². The molecule has 0 aliphatic carbocycles. The molecule has 0 aliphatic heterocycles. The van der Waals surface area contributed by atoms with Gasteiger partial charge in [-0.05, 0) is 49.7 Å². The average molecular weight is 447 g/mol. The number of anilines is 1. The zero-order chi connectivity index (χ0) is 20.4. The van der Waals surface area contributed by atoms with Crippen molar-refractivity contribution in [2.75, 3.05) is 5.32 Å². The van der Waals surface area contributed by atoms with Crippen LogP contribution in [-0.2, 0) is 0 Å². The van der Waals surface area contributed by atoms with Crippen molar-refractivity contribution in [3.63, 3.8) is 0 Å². The molecule has 1 amide bonds. The largest absolute Gasteiger partial charge is 0.319 e. The maximum absolute atomic E-state index is 12.8. The number of amides is 1. The van der Waals surface area contributed by atoms with Crippen LogP contribution in [0.3, 0.4) is 0 Å². The summed E-state index contributed by atoms with van der Waals surface area (Å²) in [7, 11) is 0. The maximum Gasteiger partial charge on any atom is 0.295 e. The smallest absolute Gasteiger partial charge is 0.295 e. The Bertz CT molecular complexity index is 1100. The number of aromatic nitrogens is 3. The van der Waals surface area contributed by atoms with Gasteiger partial charge in [-0.3, -0.25) is 4.79 Å². The molecule has 144 valence electrons. The van der Waals surface area contributed by atoms with Gasteiger partial charge in [0.15, 0.2) is 5.82 Å². The van der Waals surface area contributed by atoms with E-state index >= 15 is 0 Å². The first-order valence-corrected chi connectivity index (χ1v) is 9.97. The normalized spacial score (nSPS) is 10.7. The lowest BCUT2D eigenvalue weighted by Crippen LogP contribution is -2.15. The molecule has 29 heavy (non-hydrogen) atoms. The number of hydrogen-bond donors (Lipinski definition) is 1. The van der Waals surface area contributed by atoms with Crippen molar-refractivity contribution in [2.45, 2.75) is 13.8 Å². The molecule has 0 saturated heterocycles. The number of aryl methyl sites for hydroxylation is 2. The molecule has 4 rings (SSSR count). The number of nitrogens with one attached hydrogen (secondary N) is 1. The highest BCUT2D eigenvalue weighted by Crippen LogP contribution is 2.24. The van der Waals surface area contributed by atoms with Crippen molar-refractivity contribution in [3.8, 4) is 17.1 Å². The lowest BCUT2D eigenvalue weighted by Gasteiger charge is -2.06. The molecule has 0 saturated carbocycles. The lowest BCUT2D eigenvalue weighted by atomic mass is 10.2. The molecule has 0 atom stereocenters. The zero-order valence-corrected chi connectivity index (χ0v) is 17.6. The topological polar surface area (TPSA) is 59.8 Å². The first-order valence-electron chi connectivity index (χ1n) is 9.18. The van der Waals surface area contributed by atoms with Crippen molar-refractivity contribution < 1.29 is 4.79 Å². The maximum atomic E-state index is 12.8. The van der Waals surface area contributed by atoms with Gasteiger partial charge >= 0.3 is 0 Å². The number of para-hydroxylation sites is 1. The molecule has 0 fully saturated rings. The van der Waals surface area contributed by atoms with Gasteiger partial charge in [0.25, 0.3) is 5.91 Å². The number of carbonyl (C=O) groups is 1. The molecule has 5 nitrogen and oxygen atoms in total. The Balaban J connectivity index is 1.76. The minimum atomic E-state index is -0.344. The molecule has 4 aromatic rings. The van der Waals surface area contributed by atoms with Gasteiger partial charge < -0.3 is 5.32 Å². The van der Waals surface area contributed by atoms with E-state index < -0.39 is 0 Å². The number of carbonyl (C=O) groups excluding carboxylic acids is 1. The Morgan fingerprint density at radius 2 is 1.62 bits per heavy atom. The van der Waals surface area contributed by atoms with Crippen LogP contribution in [0, 0.1) is 13.8 Å². The van der Waals surface area contributed by atoms with Crippen molar-refractivity contribution in [1.29, 1.82) is 0 Å². The van der Waals surface area contributed by atoms with Gasteiger partial charge in [-0.1, -0.05) is 64.0 Å². The summed E-state index contributed by atoms with van der Waals surface area (Å²) >= 11 is 3.45. The molecule has 3 aromatic carbocycles. The molecule has 0 radical (unpaired) electrons. The molecule has 6 heteroatoms. The average Bonchev–Trinajstić information content (AvgIpc) is 3.16. The first kappa shape index (κ1) is 19.1. The predicted octanol–water partition coefficient (Wildman–Crippen LogP) is 5.57. The Hall–Kier alpha value is -3.25. The van der Waals surface area contributed by atoms with E-state index in [1.165, 1.54) is 0 Å². The monoisotopic (exact) mass is 446 g/mol. The third-order valence-electron chi connectivity index (χ3n) is 4.58. The summed E-state index contributed by atoms with van der Waals surface area (Å²) in [5, 5.41) is 7.42. The summed E-state index contributed by atoms with van der Waals surface area (Å²) in [6.45, 7) is 3.98. The molecular formula is C23H19BrN4O. The van der Waals surface area contributed by atoms with Crippen LogP contribution in [0.4, 0.5) is 5.69 Å². The fourth-order valence-electron chi connectivity index (χ4n) is 2.95. The highest BCUT2D eigenvalue weighted by molar-refractivity contribution is 9.10. The SMILES string of the molecule is Cc1ccc(-n2nc(C(=O)Nc3ccccc3C)nc2-c2ccc(Br)cc2)cc1. The summed E-state index contributed by atoms with van der Waals surface area (Å²) < 4.78 is 2.68. The molecule has 0 aliphatic rings. The Morgan fingerprint density at radius 1 is 0.931 bits per heavy atom. The van der Waals surface area contributed by atoms with Gasteiger partial charge in [-0.15, -0.1) is 5.10 Å². The fraction of sp³-hybridized carbons (Fsp3) is 0.0870. The van der Waals surface area contributed by atoms with Crippen LogP contribution in [0.2, 0.25) is 0 Å². The molecule has 1 aromatic heterocycles. The standard InChI is InChI=1S/C23H19BrN4O/c1-15-7-13-19(14-8-15)28-22(17-9-11-18(24)12-10-17)26-21(27-28)23(29)25-20-6-4-3-5-16(20)2/h3-14H,1-2H3,(H,25,29). The third kappa shape index (κ3) is 4.12. The summed E-state index contributed by atoms with van der Waals surface area (Å²) in [5.41, 5.74) is 4.59. The van der Waals surface area contributed by atoms with Crippen LogP contribution in [0.25, 0.3) is 17.1 Å². The minimum Gasteiger partial charge on any atom is -0.319 e. The Labute approximate surface area is 177 Å². The van der Waals surface area contributed by atoms with Crippen LogP contribution in [0.1, 0.15) is 21.7 Å². The second kappa shape index (κ2) is 8.01. The van der Waals surface area contributed by atoms with E-state index in [2.05, 4.69) is 31.3 Å². The molecular weight excluding hydrogens is 428 g/mol. The van der Waals surface area contributed by atoms with Crippen molar-refractivity contribution in [3.05, 3.63) is 94.2 Å². The number of rotatable bonds is 4. The molecule has 0 spiro atoms. The quantitative estimate of drug-likeness (QED) is 0.445. The highest BCUT2D eigenvalue weighted by atomic mass is 79.9. The van der Waals surface area contributed by atoms with E-state index in [1.54, 1.807) is 4.68 Å². The molecule has 0 bridgehead atoms. The van der Waals surface area contributed by atoms with Crippen LogP contribution in [0.5, 0.6) is 0 Å². The van der Waals surface area contributed by atoms with Gasteiger partial charge in [0, 0.05) is 15.7 Å². The van der Waals surface area contributed by atoms with Gasteiger partial charge in [-0.2, -0.15) is 0 Å². The number of hydrogen-bond acceptors (Lipinski definition) is 3. The van der Waals surface area contributed by atoms with Crippen molar-refractivity contribution >= 4 is 27.5 Å². The summed E-state index contributed by atoms with van der Waals surface area (Å²) in [6.07, 6.45) is 0. The van der Waals surface area contributed by atoms with Crippen molar-refractivity contribution in [1.82, 2.24) is 14.8 Å². The Morgan fingerprint density at radius 3 is 2.31 bits per heavy atom. The van der Waals surface area contributed by atoms with Crippen molar-refractivity contribution in [2.24, 2.45) is 0 Å². The third-order valence-corrected chi connectivity index (χ3v) is 5.11. The van der Waals surface area contributed by atoms with E-state index in [-0.39, 0.29) is 11.7 Å². The van der Waals surface area contributed by atoms with Gasteiger partial charge in [-0.25, -0.2) is 9.67 Å². The predicted molar refractivity (Wildman–Crippen MR) is 118 cm³/mol. The van der Waals surface area contributed by atoms with Crippen LogP contribution < -0.4 is 5.32 Å².